The van der Waals surface area contributed by atoms with Crippen molar-refractivity contribution >= 4 is 15.9 Å². The van der Waals surface area contributed by atoms with Crippen LogP contribution in [0.3, 0.4) is 0 Å². The van der Waals surface area contributed by atoms with E-state index in [0.717, 1.165) is 25.0 Å². The highest BCUT2D eigenvalue weighted by Crippen LogP contribution is 2.26. The molecule has 0 aromatic heterocycles. The summed E-state index contributed by atoms with van der Waals surface area (Å²) < 4.78 is 40.1. The molecule has 0 radical (unpaired) electrons. The third-order valence-corrected chi connectivity index (χ3v) is 6.95. The maximum atomic E-state index is 13.1. The molecular formula is C21H25FN2O3S. The van der Waals surface area contributed by atoms with Crippen molar-refractivity contribution in [2.24, 2.45) is 0 Å². The maximum Gasteiger partial charge on any atom is 0.243 e. The third-order valence-electron chi connectivity index (χ3n) is 5.02. The molecule has 0 bridgehead atoms. The monoisotopic (exact) mass is 404 g/mol. The van der Waals surface area contributed by atoms with E-state index in [4.69, 9.17) is 0 Å². The number of amides is 1. The highest BCUT2D eigenvalue weighted by molar-refractivity contribution is 7.89. The molecule has 1 aliphatic heterocycles. The Hall–Kier alpha value is -2.25. The van der Waals surface area contributed by atoms with Crippen molar-refractivity contribution in [2.75, 3.05) is 6.54 Å². The van der Waals surface area contributed by atoms with Gasteiger partial charge in [-0.05, 0) is 62.4 Å². The zero-order valence-electron chi connectivity index (χ0n) is 15.8. The van der Waals surface area contributed by atoms with E-state index in [-0.39, 0.29) is 23.4 Å². The summed E-state index contributed by atoms with van der Waals surface area (Å²) in [5, 5.41) is 2.95. The number of carbonyl (C=O) groups is 1. The predicted molar refractivity (Wildman–Crippen MR) is 106 cm³/mol. The maximum absolute atomic E-state index is 13.1. The van der Waals surface area contributed by atoms with Crippen LogP contribution in [0.1, 0.15) is 31.7 Å². The lowest BCUT2D eigenvalue weighted by molar-refractivity contribution is -0.124. The summed E-state index contributed by atoms with van der Waals surface area (Å²) in [6, 6.07) is 13.9. The standard InChI is InChI=1S/C21H25FN2O3S/c1-16(9-10-17-6-3-2-4-7-17)23-21(25)20-8-5-15-24(20)28(26,27)19-13-11-18(22)12-14-19/h2-4,6-7,11-14,16,20H,5,8-10,15H2,1H3,(H,23,25). The minimum absolute atomic E-state index is 0.00530. The van der Waals surface area contributed by atoms with E-state index in [2.05, 4.69) is 5.32 Å². The van der Waals surface area contributed by atoms with Crippen molar-refractivity contribution in [1.29, 1.82) is 0 Å². The van der Waals surface area contributed by atoms with Crippen molar-refractivity contribution in [3.63, 3.8) is 0 Å². The molecule has 0 spiro atoms. The van der Waals surface area contributed by atoms with Crippen LogP contribution in [0.15, 0.2) is 59.5 Å². The molecule has 2 unspecified atom stereocenters. The quantitative estimate of drug-likeness (QED) is 0.771. The Bertz CT molecular complexity index is 901. The molecule has 1 heterocycles. The molecule has 0 saturated carbocycles. The van der Waals surface area contributed by atoms with E-state index >= 15 is 0 Å². The Morgan fingerprint density at radius 3 is 2.54 bits per heavy atom. The molecule has 5 nitrogen and oxygen atoms in total. The fourth-order valence-corrected chi connectivity index (χ4v) is 5.13. The molecule has 1 saturated heterocycles. The van der Waals surface area contributed by atoms with E-state index in [9.17, 15) is 17.6 Å². The summed E-state index contributed by atoms with van der Waals surface area (Å²) in [7, 11) is -3.83. The Kier molecular flexibility index (Phi) is 6.46. The second kappa shape index (κ2) is 8.84. The molecule has 2 aromatic rings. The van der Waals surface area contributed by atoms with Gasteiger partial charge in [-0.25, -0.2) is 12.8 Å². The number of sulfonamides is 1. The number of nitrogens with one attached hydrogen (secondary N) is 1. The fraction of sp³-hybridized carbons (Fsp3) is 0.381. The summed E-state index contributed by atoms with van der Waals surface area (Å²) in [5.74, 6) is -0.773. The first-order chi connectivity index (χ1) is 13.4. The van der Waals surface area contributed by atoms with Gasteiger partial charge in [-0.2, -0.15) is 4.31 Å². The molecule has 150 valence electrons. The lowest BCUT2D eigenvalue weighted by Gasteiger charge is -2.25. The number of hydrogen-bond acceptors (Lipinski definition) is 3. The summed E-state index contributed by atoms with van der Waals surface area (Å²) in [6.07, 6.45) is 2.71. The van der Waals surface area contributed by atoms with Crippen LogP contribution in [0.4, 0.5) is 4.39 Å². The Balaban J connectivity index is 1.63. The average Bonchev–Trinajstić information content (AvgIpc) is 3.18. The average molecular weight is 405 g/mol. The van der Waals surface area contributed by atoms with Gasteiger partial charge in [0, 0.05) is 12.6 Å². The predicted octanol–water partition coefficient (Wildman–Crippen LogP) is 3.12. The lowest BCUT2D eigenvalue weighted by Crippen LogP contribution is -2.48. The fourth-order valence-electron chi connectivity index (χ4n) is 3.47. The number of rotatable bonds is 7. The number of nitrogens with zero attached hydrogens (tertiary/aromatic N) is 1. The van der Waals surface area contributed by atoms with Crippen LogP contribution in [-0.2, 0) is 21.2 Å². The lowest BCUT2D eigenvalue weighted by atomic mass is 10.1. The second-order valence-corrected chi connectivity index (χ2v) is 9.05. The van der Waals surface area contributed by atoms with Crippen molar-refractivity contribution in [2.45, 2.75) is 49.6 Å². The Labute approximate surface area is 165 Å². The van der Waals surface area contributed by atoms with Crippen LogP contribution in [0.5, 0.6) is 0 Å². The van der Waals surface area contributed by atoms with Crippen molar-refractivity contribution < 1.29 is 17.6 Å². The van der Waals surface area contributed by atoms with Crippen molar-refractivity contribution in [3.8, 4) is 0 Å². The number of halogens is 1. The molecule has 1 amide bonds. The van der Waals surface area contributed by atoms with Gasteiger partial charge in [0.25, 0.3) is 0 Å². The second-order valence-electron chi connectivity index (χ2n) is 7.16. The van der Waals surface area contributed by atoms with Crippen LogP contribution in [0.25, 0.3) is 0 Å². The zero-order chi connectivity index (χ0) is 20.1. The number of hydrogen-bond donors (Lipinski definition) is 1. The third kappa shape index (κ3) is 4.77. The molecule has 7 heteroatoms. The van der Waals surface area contributed by atoms with Gasteiger partial charge < -0.3 is 5.32 Å². The topological polar surface area (TPSA) is 66.5 Å². The van der Waals surface area contributed by atoms with E-state index in [0.29, 0.717) is 12.8 Å². The summed E-state index contributed by atoms with van der Waals surface area (Å²) in [6.45, 7) is 2.21. The minimum Gasteiger partial charge on any atom is -0.352 e. The molecule has 1 aliphatic rings. The van der Waals surface area contributed by atoms with Gasteiger partial charge in [-0.15, -0.1) is 0 Å². The summed E-state index contributed by atoms with van der Waals surface area (Å²) in [4.78, 5) is 12.7. The number of aryl methyl sites for hydroxylation is 1. The molecular weight excluding hydrogens is 379 g/mol. The summed E-state index contributed by atoms with van der Waals surface area (Å²) in [5.41, 5.74) is 1.20. The van der Waals surface area contributed by atoms with E-state index < -0.39 is 21.9 Å². The van der Waals surface area contributed by atoms with Gasteiger partial charge in [0.15, 0.2) is 0 Å². The summed E-state index contributed by atoms with van der Waals surface area (Å²) >= 11 is 0. The zero-order valence-corrected chi connectivity index (χ0v) is 16.7. The van der Waals surface area contributed by atoms with Crippen molar-refractivity contribution in [1.82, 2.24) is 9.62 Å². The van der Waals surface area contributed by atoms with Gasteiger partial charge in [0.1, 0.15) is 11.9 Å². The molecule has 1 fully saturated rings. The normalized spacial score (nSPS) is 18.7. The molecule has 2 atom stereocenters. The van der Waals surface area contributed by atoms with Crippen LogP contribution in [0.2, 0.25) is 0 Å². The van der Waals surface area contributed by atoms with Crippen LogP contribution < -0.4 is 5.32 Å². The van der Waals surface area contributed by atoms with E-state index in [1.54, 1.807) is 0 Å². The first kappa shape index (κ1) is 20.5. The SMILES string of the molecule is CC(CCc1ccccc1)NC(=O)C1CCCN1S(=O)(=O)c1ccc(F)cc1. The van der Waals surface area contributed by atoms with Gasteiger partial charge in [0.2, 0.25) is 15.9 Å². The number of carbonyl (C=O) groups excluding carboxylic acids is 1. The van der Waals surface area contributed by atoms with Gasteiger partial charge in [-0.1, -0.05) is 30.3 Å². The van der Waals surface area contributed by atoms with Crippen LogP contribution in [-0.4, -0.2) is 37.3 Å². The number of benzene rings is 2. The van der Waals surface area contributed by atoms with Gasteiger partial charge >= 0.3 is 0 Å². The van der Waals surface area contributed by atoms with Gasteiger partial charge in [0.05, 0.1) is 4.90 Å². The van der Waals surface area contributed by atoms with Crippen LogP contribution >= 0.6 is 0 Å². The Morgan fingerprint density at radius 2 is 1.86 bits per heavy atom. The van der Waals surface area contributed by atoms with Crippen molar-refractivity contribution in [3.05, 3.63) is 66.0 Å². The first-order valence-corrected chi connectivity index (χ1v) is 10.9. The van der Waals surface area contributed by atoms with Gasteiger partial charge in [-0.3, -0.25) is 4.79 Å². The molecule has 28 heavy (non-hydrogen) atoms. The smallest absolute Gasteiger partial charge is 0.243 e. The molecule has 3 rings (SSSR count). The molecule has 2 aromatic carbocycles. The first-order valence-electron chi connectivity index (χ1n) is 9.49. The van der Waals surface area contributed by atoms with Crippen LogP contribution in [0, 0.1) is 5.82 Å². The largest absolute Gasteiger partial charge is 0.352 e. The Morgan fingerprint density at radius 1 is 1.18 bits per heavy atom. The van der Waals surface area contributed by atoms with E-state index in [1.807, 2.05) is 37.3 Å². The highest BCUT2D eigenvalue weighted by atomic mass is 32.2. The van der Waals surface area contributed by atoms with E-state index in [1.165, 1.54) is 22.0 Å². The highest BCUT2D eigenvalue weighted by Gasteiger charge is 2.39. The minimum atomic E-state index is -3.83. The molecule has 0 aliphatic carbocycles. The molecule has 1 N–H and O–H groups in total.